The fourth-order valence-corrected chi connectivity index (χ4v) is 4.61. The van der Waals surface area contributed by atoms with Crippen LogP contribution in [0.4, 0.5) is 11.4 Å². The van der Waals surface area contributed by atoms with Crippen molar-refractivity contribution in [3.8, 4) is 5.75 Å². The molecule has 0 aliphatic rings. The molecule has 1 heterocycles. The van der Waals surface area contributed by atoms with Gasteiger partial charge in [0, 0.05) is 31.0 Å². The Hall–Kier alpha value is -3.59. The van der Waals surface area contributed by atoms with Crippen molar-refractivity contribution in [2.45, 2.75) is 31.1 Å². The highest BCUT2D eigenvalue weighted by molar-refractivity contribution is 7.92. The van der Waals surface area contributed by atoms with Gasteiger partial charge >= 0.3 is 0 Å². The van der Waals surface area contributed by atoms with Crippen LogP contribution in [0.25, 0.3) is 0 Å². The maximum Gasteiger partial charge on any atom is 0.265 e. The molecule has 0 spiro atoms. The third-order valence-corrected chi connectivity index (χ3v) is 6.52. The number of ether oxygens (including phenoxy) is 1. The molecule has 2 aromatic carbocycles. The van der Waals surface area contributed by atoms with Crippen molar-refractivity contribution < 1.29 is 17.9 Å². The van der Waals surface area contributed by atoms with Gasteiger partial charge in [0.25, 0.3) is 10.0 Å². The Kier molecular flexibility index (Phi) is 7.89. The lowest BCUT2D eigenvalue weighted by Crippen LogP contribution is -2.25. The van der Waals surface area contributed by atoms with Crippen molar-refractivity contribution in [2.75, 3.05) is 24.1 Å². The zero-order valence-corrected chi connectivity index (χ0v) is 19.5. The minimum atomic E-state index is -3.88. The van der Waals surface area contributed by atoms with Gasteiger partial charge in [-0.05, 0) is 72.9 Å². The van der Waals surface area contributed by atoms with E-state index < -0.39 is 10.0 Å². The lowest BCUT2D eigenvalue weighted by molar-refractivity contribution is -0.121. The summed E-state index contributed by atoms with van der Waals surface area (Å²) in [5.74, 6) is 0.139. The van der Waals surface area contributed by atoms with E-state index in [4.69, 9.17) is 10.5 Å². The normalized spacial score (nSPS) is 11.1. The number of benzene rings is 2. The number of nitrogens with zero attached hydrogens (tertiary/aromatic N) is 1. The van der Waals surface area contributed by atoms with Gasteiger partial charge < -0.3 is 15.8 Å². The molecule has 0 bridgehead atoms. The summed E-state index contributed by atoms with van der Waals surface area (Å²) in [7, 11) is -2.46. The minimum Gasteiger partial charge on any atom is -0.495 e. The van der Waals surface area contributed by atoms with E-state index in [0.717, 1.165) is 11.1 Å². The number of nitrogens with two attached hydrogens (primary N) is 1. The second kappa shape index (κ2) is 10.8. The Bertz CT molecular complexity index is 1210. The Morgan fingerprint density at radius 2 is 1.91 bits per heavy atom. The standard InChI is InChI=1S/C24H28N4O4S/c1-17-14-20(25)7-8-21(17)28-33(30,31)23-9-5-18(15-22(23)32-2)6-10-24(29)27-13-11-19-4-3-12-26-16-19/h3-5,7-9,12,14-16,28H,6,10-11,13,25H2,1-2H3,(H,27,29). The number of methoxy groups -OCH3 is 1. The number of nitrogens with one attached hydrogen (secondary N) is 2. The Morgan fingerprint density at radius 1 is 1.09 bits per heavy atom. The molecule has 1 amide bonds. The van der Waals surface area contributed by atoms with Crippen LogP contribution in [0.5, 0.6) is 5.75 Å². The van der Waals surface area contributed by atoms with E-state index in [9.17, 15) is 13.2 Å². The first-order valence-electron chi connectivity index (χ1n) is 10.5. The number of carbonyl (C=O) groups is 1. The topological polar surface area (TPSA) is 123 Å². The lowest BCUT2D eigenvalue weighted by Gasteiger charge is -2.14. The van der Waals surface area contributed by atoms with Crippen LogP contribution in [0.15, 0.2) is 65.8 Å². The van der Waals surface area contributed by atoms with E-state index in [1.807, 2.05) is 12.1 Å². The molecule has 9 heteroatoms. The highest BCUT2D eigenvalue weighted by atomic mass is 32.2. The lowest BCUT2D eigenvalue weighted by atomic mass is 10.1. The first-order chi connectivity index (χ1) is 15.8. The molecule has 0 atom stereocenters. The number of sulfonamides is 1. The van der Waals surface area contributed by atoms with Gasteiger partial charge in [-0.1, -0.05) is 12.1 Å². The first kappa shape index (κ1) is 24.1. The third-order valence-electron chi connectivity index (χ3n) is 5.11. The number of anilines is 2. The number of pyridine rings is 1. The second-order valence-electron chi connectivity index (χ2n) is 7.63. The highest BCUT2D eigenvalue weighted by Gasteiger charge is 2.21. The van der Waals surface area contributed by atoms with Gasteiger partial charge in [-0.15, -0.1) is 0 Å². The SMILES string of the molecule is COc1cc(CCC(=O)NCCc2cccnc2)ccc1S(=O)(=O)Nc1ccc(N)cc1C. The molecule has 0 aliphatic heterocycles. The molecule has 3 rings (SSSR count). The van der Waals surface area contributed by atoms with Gasteiger partial charge in [-0.3, -0.25) is 14.5 Å². The molecule has 174 valence electrons. The molecule has 0 saturated carbocycles. The maximum atomic E-state index is 12.9. The molecular weight excluding hydrogens is 440 g/mol. The molecule has 0 saturated heterocycles. The molecule has 4 N–H and O–H groups in total. The largest absolute Gasteiger partial charge is 0.495 e. The van der Waals surface area contributed by atoms with E-state index in [1.165, 1.54) is 13.2 Å². The Morgan fingerprint density at radius 3 is 2.61 bits per heavy atom. The summed E-state index contributed by atoms with van der Waals surface area (Å²) in [6.45, 7) is 2.30. The number of rotatable bonds is 10. The number of nitrogen functional groups attached to an aromatic ring is 1. The predicted octanol–water partition coefficient (Wildman–Crippen LogP) is 3.07. The van der Waals surface area contributed by atoms with Crippen LogP contribution < -0.4 is 20.5 Å². The number of hydrogen-bond donors (Lipinski definition) is 3. The van der Waals surface area contributed by atoms with Crippen LogP contribution >= 0.6 is 0 Å². The fraction of sp³-hybridized carbons (Fsp3) is 0.250. The third kappa shape index (κ3) is 6.69. The number of amides is 1. The summed E-state index contributed by atoms with van der Waals surface area (Å²) in [5.41, 5.74) is 9.31. The Labute approximate surface area is 194 Å². The summed E-state index contributed by atoms with van der Waals surface area (Å²) in [4.78, 5) is 16.2. The zero-order valence-electron chi connectivity index (χ0n) is 18.7. The van der Waals surface area contributed by atoms with Crippen molar-refractivity contribution in [1.29, 1.82) is 0 Å². The van der Waals surface area contributed by atoms with Gasteiger partial charge in [0.15, 0.2) is 0 Å². The van der Waals surface area contributed by atoms with Gasteiger partial charge in [0.1, 0.15) is 10.6 Å². The molecule has 3 aromatic rings. The molecule has 33 heavy (non-hydrogen) atoms. The van der Waals surface area contributed by atoms with Crippen molar-refractivity contribution >= 4 is 27.3 Å². The van der Waals surface area contributed by atoms with E-state index in [0.29, 0.717) is 36.3 Å². The molecule has 8 nitrogen and oxygen atoms in total. The average molecular weight is 469 g/mol. The van der Waals surface area contributed by atoms with Crippen LogP contribution in [-0.4, -0.2) is 33.0 Å². The van der Waals surface area contributed by atoms with Crippen molar-refractivity contribution in [3.05, 3.63) is 77.6 Å². The molecule has 0 aliphatic carbocycles. The smallest absolute Gasteiger partial charge is 0.265 e. The summed E-state index contributed by atoms with van der Waals surface area (Å²) in [5, 5.41) is 2.89. The quantitative estimate of drug-likeness (QED) is 0.393. The number of hydrogen-bond acceptors (Lipinski definition) is 6. The van der Waals surface area contributed by atoms with E-state index in [2.05, 4.69) is 15.0 Å². The van der Waals surface area contributed by atoms with Crippen LogP contribution in [0, 0.1) is 6.92 Å². The monoisotopic (exact) mass is 468 g/mol. The first-order valence-corrected chi connectivity index (χ1v) is 12.0. The van der Waals surface area contributed by atoms with Crippen LogP contribution in [-0.2, 0) is 27.7 Å². The van der Waals surface area contributed by atoms with E-state index in [-0.39, 0.29) is 23.0 Å². The van der Waals surface area contributed by atoms with E-state index in [1.54, 1.807) is 49.6 Å². The maximum absolute atomic E-state index is 12.9. The van der Waals surface area contributed by atoms with Crippen LogP contribution in [0.3, 0.4) is 0 Å². The molecule has 1 aromatic heterocycles. The molecule has 0 radical (unpaired) electrons. The molecular formula is C24H28N4O4S. The predicted molar refractivity (Wildman–Crippen MR) is 129 cm³/mol. The van der Waals surface area contributed by atoms with Gasteiger partial charge in [-0.2, -0.15) is 0 Å². The average Bonchev–Trinajstić information content (AvgIpc) is 2.80. The fourth-order valence-electron chi connectivity index (χ4n) is 3.33. The second-order valence-corrected chi connectivity index (χ2v) is 9.28. The molecule has 0 fully saturated rings. The number of aryl methyl sites for hydroxylation is 2. The van der Waals surface area contributed by atoms with Gasteiger partial charge in [0.05, 0.1) is 12.8 Å². The molecule has 0 unspecified atom stereocenters. The highest BCUT2D eigenvalue weighted by Crippen LogP contribution is 2.29. The number of carbonyl (C=O) groups excluding carboxylic acids is 1. The van der Waals surface area contributed by atoms with Crippen LogP contribution in [0.1, 0.15) is 23.1 Å². The van der Waals surface area contributed by atoms with E-state index >= 15 is 0 Å². The summed E-state index contributed by atoms with van der Waals surface area (Å²) < 4.78 is 33.8. The summed E-state index contributed by atoms with van der Waals surface area (Å²) >= 11 is 0. The summed E-state index contributed by atoms with van der Waals surface area (Å²) in [6.07, 6.45) is 4.94. The van der Waals surface area contributed by atoms with Gasteiger partial charge in [0.2, 0.25) is 5.91 Å². The van der Waals surface area contributed by atoms with Crippen LogP contribution in [0.2, 0.25) is 0 Å². The summed E-state index contributed by atoms with van der Waals surface area (Å²) in [6, 6.07) is 13.6. The van der Waals surface area contributed by atoms with Crippen molar-refractivity contribution in [1.82, 2.24) is 10.3 Å². The zero-order chi connectivity index (χ0) is 23.8. The van der Waals surface area contributed by atoms with Crippen molar-refractivity contribution in [3.63, 3.8) is 0 Å². The minimum absolute atomic E-state index is 0.0193. The van der Waals surface area contributed by atoms with Crippen molar-refractivity contribution in [2.24, 2.45) is 0 Å². The van der Waals surface area contributed by atoms with Gasteiger partial charge in [-0.25, -0.2) is 8.42 Å². The number of aromatic nitrogens is 1. The Balaban J connectivity index is 1.61.